The fourth-order valence-electron chi connectivity index (χ4n) is 1.57. The van der Waals surface area contributed by atoms with Crippen LogP contribution < -0.4 is 15.4 Å². The van der Waals surface area contributed by atoms with Crippen molar-refractivity contribution in [2.75, 3.05) is 12.4 Å². The van der Waals surface area contributed by atoms with Crippen molar-refractivity contribution in [3.05, 3.63) is 23.8 Å². The minimum atomic E-state index is -0.0647. The number of hydrogen-bond acceptors (Lipinski definition) is 3. The molecule has 74 valence electrons. The highest BCUT2D eigenvalue weighted by Crippen LogP contribution is 2.30. The number of para-hydroxylation sites is 1. The summed E-state index contributed by atoms with van der Waals surface area (Å²) in [6, 6.07) is 5.40. The third-order valence-corrected chi connectivity index (χ3v) is 2.20. The molecule has 1 aromatic rings. The molecule has 1 aliphatic rings. The Morgan fingerprint density at radius 2 is 2.14 bits per heavy atom. The van der Waals surface area contributed by atoms with Crippen LogP contribution in [0.4, 0.5) is 5.69 Å². The van der Waals surface area contributed by atoms with Crippen molar-refractivity contribution in [2.24, 2.45) is 0 Å². The molecule has 14 heavy (non-hydrogen) atoms. The monoisotopic (exact) mass is 192 g/mol. The van der Waals surface area contributed by atoms with Crippen LogP contribution in [0.25, 0.3) is 0 Å². The van der Waals surface area contributed by atoms with Gasteiger partial charge >= 0.3 is 0 Å². The standard InChI is InChI=1S/C10H12N2O2/c1-6-11-9-7(10(13)12-6)4-3-5-8(9)14-2/h3-6,11H,1-2H3,(H,12,13). The number of hydrogen-bond donors (Lipinski definition) is 2. The van der Waals surface area contributed by atoms with Gasteiger partial charge in [-0.3, -0.25) is 4.79 Å². The van der Waals surface area contributed by atoms with Crippen molar-refractivity contribution in [3.63, 3.8) is 0 Å². The fraction of sp³-hybridized carbons (Fsp3) is 0.300. The molecule has 0 bridgehead atoms. The second-order valence-electron chi connectivity index (χ2n) is 3.22. The van der Waals surface area contributed by atoms with Gasteiger partial charge in [-0.25, -0.2) is 0 Å². The Morgan fingerprint density at radius 1 is 1.36 bits per heavy atom. The van der Waals surface area contributed by atoms with E-state index in [-0.39, 0.29) is 12.1 Å². The summed E-state index contributed by atoms with van der Waals surface area (Å²) in [5.41, 5.74) is 1.40. The van der Waals surface area contributed by atoms with Crippen LogP contribution in [0.1, 0.15) is 17.3 Å². The second-order valence-corrected chi connectivity index (χ2v) is 3.22. The Kier molecular flexibility index (Phi) is 2.04. The van der Waals surface area contributed by atoms with Gasteiger partial charge in [-0.1, -0.05) is 6.07 Å². The number of anilines is 1. The van der Waals surface area contributed by atoms with E-state index in [1.165, 1.54) is 0 Å². The lowest BCUT2D eigenvalue weighted by Crippen LogP contribution is -2.42. The van der Waals surface area contributed by atoms with Gasteiger partial charge in [0.2, 0.25) is 0 Å². The maximum atomic E-state index is 11.6. The maximum absolute atomic E-state index is 11.6. The lowest BCUT2D eigenvalue weighted by Gasteiger charge is -2.26. The highest BCUT2D eigenvalue weighted by molar-refractivity contribution is 6.02. The molecule has 0 aromatic heterocycles. The SMILES string of the molecule is COc1cccc2c1NC(C)NC2=O. The number of carbonyl (C=O) groups is 1. The first-order valence-corrected chi connectivity index (χ1v) is 4.47. The first-order chi connectivity index (χ1) is 6.72. The summed E-state index contributed by atoms with van der Waals surface area (Å²) in [6.45, 7) is 1.88. The minimum Gasteiger partial charge on any atom is -0.495 e. The van der Waals surface area contributed by atoms with Crippen LogP contribution in [0.3, 0.4) is 0 Å². The number of amides is 1. The van der Waals surface area contributed by atoms with E-state index in [1.807, 2.05) is 13.0 Å². The Bertz CT molecular complexity index is 376. The van der Waals surface area contributed by atoms with E-state index in [1.54, 1.807) is 19.2 Å². The molecule has 1 heterocycles. The topological polar surface area (TPSA) is 50.4 Å². The zero-order valence-corrected chi connectivity index (χ0v) is 8.13. The minimum absolute atomic E-state index is 0.0636. The predicted octanol–water partition coefficient (Wildman–Crippen LogP) is 1.20. The van der Waals surface area contributed by atoms with Gasteiger partial charge in [-0.15, -0.1) is 0 Å². The number of ether oxygens (including phenoxy) is 1. The summed E-state index contributed by atoms with van der Waals surface area (Å²) in [5.74, 6) is 0.634. The van der Waals surface area contributed by atoms with Gasteiger partial charge in [0.25, 0.3) is 5.91 Å². The Morgan fingerprint density at radius 3 is 2.86 bits per heavy atom. The molecule has 1 amide bonds. The zero-order chi connectivity index (χ0) is 10.1. The maximum Gasteiger partial charge on any atom is 0.255 e. The van der Waals surface area contributed by atoms with Crippen LogP contribution in [-0.4, -0.2) is 19.2 Å². The van der Waals surface area contributed by atoms with Crippen molar-refractivity contribution in [3.8, 4) is 5.75 Å². The molecular formula is C10H12N2O2. The molecule has 0 spiro atoms. The molecule has 1 aliphatic heterocycles. The quantitative estimate of drug-likeness (QED) is 0.702. The van der Waals surface area contributed by atoms with Crippen molar-refractivity contribution in [1.82, 2.24) is 5.32 Å². The van der Waals surface area contributed by atoms with Gasteiger partial charge in [-0.2, -0.15) is 0 Å². The second kappa shape index (κ2) is 3.21. The number of rotatable bonds is 1. The van der Waals surface area contributed by atoms with Crippen LogP contribution in [0.5, 0.6) is 5.75 Å². The van der Waals surface area contributed by atoms with Crippen molar-refractivity contribution in [1.29, 1.82) is 0 Å². The average Bonchev–Trinajstić information content (AvgIpc) is 2.17. The summed E-state index contributed by atoms with van der Waals surface area (Å²) >= 11 is 0. The largest absolute Gasteiger partial charge is 0.495 e. The van der Waals surface area contributed by atoms with Crippen molar-refractivity contribution >= 4 is 11.6 Å². The third kappa shape index (κ3) is 1.28. The summed E-state index contributed by atoms with van der Waals surface area (Å²) in [6.07, 6.45) is -0.0636. The number of methoxy groups -OCH3 is 1. The molecule has 1 unspecified atom stereocenters. The smallest absolute Gasteiger partial charge is 0.255 e. The highest BCUT2D eigenvalue weighted by Gasteiger charge is 2.22. The molecule has 0 fully saturated rings. The molecule has 4 nitrogen and oxygen atoms in total. The van der Waals surface area contributed by atoms with Gasteiger partial charge in [-0.05, 0) is 19.1 Å². The van der Waals surface area contributed by atoms with E-state index < -0.39 is 0 Å². The number of carbonyl (C=O) groups excluding carboxylic acids is 1. The zero-order valence-electron chi connectivity index (χ0n) is 8.13. The molecule has 2 rings (SSSR count). The summed E-state index contributed by atoms with van der Waals surface area (Å²) in [7, 11) is 1.59. The first kappa shape index (κ1) is 8.87. The fourth-order valence-corrected chi connectivity index (χ4v) is 1.57. The van der Waals surface area contributed by atoms with E-state index in [2.05, 4.69) is 10.6 Å². The molecule has 0 aliphatic carbocycles. The average molecular weight is 192 g/mol. The Hall–Kier alpha value is -1.71. The van der Waals surface area contributed by atoms with Crippen molar-refractivity contribution < 1.29 is 9.53 Å². The van der Waals surface area contributed by atoms with Crippen LogP contribution in [-0.2, 0) is 0 Å². The van der Waals surface area contributed by atoms with E-state index >= 15 is 0 Å². The van der Waals surface area contributed by atoms with Crippen LogP contribution in [0.15, 0.2) is 18.2 Å². The van der Waals surface area contributed by atoms with Gasteiger partial charge in [0.15, 0.2) is 0 Å². The lowest BCUT2D eigenvalue weighted by molar-refractivity contribution is 0.0938. The summed E-state index contributed by atoms with van der Waals surface area (Å²) in [4.78, 5) is 11.6. The molecule has 4 heteroatoms. The van der Waals surface area contributed by atoms with Crippen LogP contribution in [0, 0.1) is 0 Å². The molecule has 0 saturated heterocycles. The van der Waals surface area contributed by atoms with Crippen LogP contribution >= 0.6 is 0 Å². The van der Waals surface area contributed by atoms with E-state index in [0.29, 0.717) is 11.3 Å². The van der Waals surface area contributed by atoms with Gasteiger partial charge < -0.3 is 15.4 Å². The lowest BCUT2D eigenvalue weighted by atomic mass is 10.1. The number of nitrogens with one attached hydrogen (secondary N) is 2. The molecular weight excluding hydrogens is 180 g/mol. The van der Waals surface area contributed by atoms with E-state index in [4.69, 9.17) is 4.74 Å². The summed E-state index contributed by atoms with van der Waals surface area (Å²) < 4.78 is 5.17. The first-order valence-electron chi connectivity index (χ1n) is 4.47. The highest BCUT2D eigenvalue weighted by atomic mass is 16.5. The summed E-state index contributed by atoms with van der Waals surface area (Å²) in [5, 5.41) is 5.93. The Balaban J connectivity index is 2.52. The normalized spacial score (nSPS) is 19.3. The molecule has 0 radical (unpaired) electrons. The van der Waals surface area contributed by atoms with Gasteiger partial charge in [0, 0.05) is 0 Å². The third-order valence-electron chi connectivity index (χ3n) is 2.20. The van der Waals surface area contributed by atoms with Gasteiger partial charge in [0.05, 0.1) is 24.5 Å². The molecule has 1 aromatic carbocycles. The Labute approximate surface area is 82.3 Å². The number of benzene rings is 1. The predicted molar refractivity (Wildman–Crippen MR) is 53.5 cm³/mol. The molecule has 0 saturated carbocycles. The van der Waals surface area contributed by atoms with Gasteiger partial charge in [0.1, 0.15) is 5.75 Å². The molecule has 1 atom stereocenters. The van der Waals surface area contributed by atoms with Crippen molar-refractivity contribution in [2.45, 2.75) is 13.1 Å². The van der Waals surface area contributed by atoms with E-state index in [0.717, 1.165) is 5.69 Å². The molecule has 2 N–H and O–H groups in total. The van der Waals surface area contributed by atoms with E-state index in [9.17, 15) is 4.79 Å². The van der Waals surface area contributed by atoms with Crippen LogP contribution in [0.2, 0.25) is 0 Å². The number of fused-ring (bicyclic) bond motifs is 1.